The van der Waals surface area contributed by atoms with E-state index < -0.39 is 0 Å². The molecule has 1 aliphatic heterocycles. The molecule has 2 rings (SSSR count). The van der Waals surface area contributed by atoms with Crippen LogP contribution in [0.3, 0.4) is 0 Å². The molecule has 4 N–H and O–H groups in total. The molecule has 0 spiro atoms. The van der Waals surface area contributed by atoms with Gasteiger partial charge >= 0.3 is 0 Å². The highest BCUT2D eigenvalue weighted by Gasteiger charge is 2.32. The third-order valence-corrected chi connectivity index (χ3v) is 5.45. The molecule has 0 radical (unpaired) electrons. The molecular formula is C19H38Cl2N4O2. The normalized spacial score (nSPS) is 23.9. The second-order valence-corrected chi connectivity index (χ2v) is 8.80. The summed E-state index contributed by atoms with van der Waals surface area (Å²) in [4.78, 5) is 26.6. The molecular weight excluding hydrogens is 387 g/mol. The van der Waals surface area contributed by atoms with Crippen molar-refractivity contribution in [3.8, 4) is 0 Å². The van der Waals surface area contributed by atoms with Gasteiger partial charge in [-0.3, -0.25) is 14.5 Å². The Labute approximate surface area is 176 Å². The van der Waals surface area contributed by atoms with E-state index in [1.165, 1.54) is 0 Å². The summed E-state index contributed by atoms with van der Waals surface area (Å²) >= 11 is 0. The van der Waals surface area contributed by atoms with E-state index in [4.69, 9.17) is 5.73 Å². The molecule has 2 atom stereocenters. The number of halogens is 2. The first-order chi connectivity index (χ1) is 11.8. The fraction of sp³-hybridized carbons (Fsp3) is 0.895. The largest absolute Gasteiger partial charge is 0.356 e. The van der Waals surface area contributed by atoms with Crippen LogP contribution in [0.1, 0.15) is 52.9 Å². The smallest absolute Gasteiger partial charge is 0.234 e. The van der Waals surface area contributed by atoms with Crippen LogP contribution in [-0.4, -0.2) is 55.0 Å². The van der Waals surface area contributed by atoms with Crippen LogP contribution in [0.2, 0.25) is 0 Å². The lowest BCUT2D eigenvalue weighted by atomic mass is 9.93. The van der Waals surface area contributed by atoms with Gasteiger partial charge in [-0.25, -0.2) is 0 Å². The van der Waals surface area contributed by atoms with Gasteiger partial charge in [0.2, 0.25) is 11.8 Å². The van der Waals surface area contributed by atoms with Crippen molar-refractivity contribution < 1.29 is 9.59 Å². The van der Waals surface area contributed by atoms with E-state index in [0.29, 0.717) is 24.9 Å². The summed E-state index contributed by atoms with van der Waals surface area (Å²) < 4.78 is 0. The summed E-state index contributed by atoms with van der Waals surface area (Å²) in [5.74, 6) is 1.28. The number of carbonyl (C=O) groups is 2. The number of hydrogen-bond acceptors (Lipinski definition) is 4. The topological polar surface area (TPSA) is 87.5 Å². The molecule has 27 heavy (non-hydrogen) atoms. The van der Waals surface area contributed by atoms with Crippen molar-refractivity contribution >= 4 is 36.6 Å². The first-order valence-electron chi connectivity index (χ1n) is 9.79. The van der Waals surface area contributed by atoms with Crippen LogP contribution in [0.5, 0.6) is 0 Å². The van der Waals surface area contributed by atoms with Crippen molar-refractivity contribution in [3.05, 3.63) is 0 Å². The fourth-order valence-corrected chi connectivity index (χ4v) is 4.05. The number of rotatable bonds is 6. The Morgan fingerprint density at radius 3 is 2.26 bits per heavy atom. The molecule has 0 aromatic carbocycles. The van der Waals surface area contributed by atoms with E-state index in [1.54, 1.807) is 0 Å². The minimum atomic E-state index is -0.179. The Kier molecular flexibility index (Phi) is 11.8. The number of nitrogens with two attached hydrogens (primary N) is 1. The van der Waals surface area contributed by atoms with E-state index in [0.717, 1.165) is 51.7 Å². The summed E-state index contributed by atoms with van der Waals surface area (Å²) in [7, 11) is 0. The minimum absolute atomic E-state index is 0. The van der Waals surface area contributed by atoms with E-state index in [9.17, 15) is 9.59 Å². The zero-order valence-electron chi connectivity index (χ0n) is 17.0. The van der Waals surface area contributed by atoms with Crippen LogP contribution in [0.4, 0.5) is 0 Å². The maximum Gasteiger partial charge on any atom is 0.234 e. The molecule has 1 saturated carbocycles. The number of likely N-dealkylation sites (tertiary alicyclic amines) is 1. The van der Waals surface area contributed by atoms with E-state index >= 15 is 0 Å². The molecule has 2 aliphatic rings. The van der Waals surface area contributed by atoms with Gasteiger partial charge in [-0.05, 0) is 77.9 Å². The number of amides is 2. The maximum atomic E-state index is 12.4. The van der Waals surface area contributed by atoms with Gasteiger partial charge in [0.05, 0.1) is 6.54 Å². The Hall–Kier alpha value is -0.560. The molecule has 0 aromatic heterocycles. The lowest BCUT2D eigenvalue weighted by Crippen LogP contribution is -2.48. The van der Waals surface area contributed by atoms with E-state index in [1.807, 2.05) is 20.8 Å². The maximum absolute atomic E-state index is 12.4. The first kappa shape index (κ1) is 26.4. The van der Waals surface area contributed by atoms with Gasteiger partial charge in [-0.1, -0.05) is 6.42 Å². The summed E-state index contributed by atoms with van der Waals surface area (Å²) in [6.45, 7) is 9.69. The second kappa shape index (κ2) is 12.1. The Morgan fingerprint density at radius 2 is 1.70 bits per heavy atom. The van der Waals surface area contributed by atoms with Crippen molar-refractivity contribution in [1.82, 2.24) is 15.5 Å². The van der Waals surface area contributed by atoms with Crippen LogP contribution in [-0.2, 0) is 9.59 Å². The van der Waals surface area contributed by atoms with Crippen LogP contribution in [0.15, 0.2) is 0 Å². The summed E-state index contributed by atoms with van der Waals surface area (Å²) in [6.07, 6.45) is 5.26. The standard InChI is InChI=1S/C19H36N4O2.2ClH/c1-19(2,3)22-17(24)13-23-9-7-14(8-10-23)12-21-18(25)16-6-4-5-15(16)11-20;;/h14-16H,4-13,20H2,1-3H3,(H,21,25)(H,22,24);2*1H/t15-,16-;;/m1../s1. The molecule has 160 valence electrons. The molecule has 0 unspecified atom stereocenters. The zero-order valence-corrected chi connectivity index (χ0v) is 18.6. The Bertz CT molecular complexity index is 463. The van der Waals surface area contributed by atoms with Crippen molar-refractivity contribution in [3.63, 3.8) is 0 Å². The molecule has 8 heteroatoms. The van der Waals surface area contributed by atoms with Gasteiger partial charge < -0.3 is 16.4 Å². The van der Waals surface area contributed by atoms with E-state index in [2.05, 4.69) is 15.5 Å². The molecule has 2 amide bonds. The van der Waals surface area contributed by atoms with Gasteiger partial charge in [-0.15, -0.1) is 24.8 Å². The predicted octanol–water partition coefficient (Wildman–Crippen LogP) is 1.95. The average Bonchev–Trinajstić information content (AvgIpc) is 3.00. The van der Waals surface area contributed by atoms with Gasteiger partial charge in [0, 0.05) is 18.0 Å². The second-order valence-electron chi connectivity index (χ2n) is 8.80. The van der Waals surface area contributed by atoms with Crippen LogP contribution < -0.4 is 16.4 Å². The monoisotopic (exact) mass is 424 g/mol. The zero-order chi connectivity index (χ0) is 18.4. The lowest BCUT2D eigenvalue weighted by molar-refractivity contribution is -0.126. The highest BCUT2D eigenvalue weighted by atomic mass is 35.5. The minimum Gasteiger partial charge on any atom is -0.356 e. The number of carbonyl (C=O) groups excluding carboxylic acids is 2. The fourth-order valence-electron chi connectivity index (χ4n) is 4.05. The van der Waals surface area contributed by atoms with Crippen LogP contribution in [0, 0.1) is 17.8 Å². The van der Waals surface area contributed by atoms with Gasteiger partial charge in [0.25, 0.3) is 0 Å². The first-order valence-corrected chi connectivity index (χ1v) is 9.79. The van der Waals surface area contributed by atoms with Crippen molar-refractivity contribution in [2.24, 2.45) is 23.5 Å². The van der Waals surface area contributed by atoms with Crippen molar-refractivity contribution in [1.29, 1.82) is 0 Å². The number of nitrogens with one attached hydrogen (secondary N) is 2. The number of piperidine rings is 1. The van der Waals surface area contributed by atoms with Crippen LogP contribution >= 0.6 is 24.8 Å². The Balaban J connectivity index is 0.00000338. The molecule has 0 aromatic rings. The highest BCUT2D eigenvalue weighted by Crippen LogP contribution is 2.31. The van der Waals surface area contributed by atoms with Gasteiger partial charge in [0.1, 0.15) is 0 Å². The average molecular weight is 425 g/mol. The van der Waals surface area contributed by atoms with Gasteiger partial charge in [0.15, 0.2) is 0 Å². The van der Waals surface area contributed by atoms with Crippen molar-refractivity contribution in [2.75, 3.05) is 32.7 Å². The summed E-state index contributed by atoms with van der Waals surface area (Å²) in [5, 5.41) is 6.16. The summed E-state index contributed by atoms with van der Waals surface area (Å²) in [6, 6.07) is 0. The molecule has 6 nitrogen and oxygen atoms in total. The lowest BCUT2D eigenvalue weighted by Gasteiger charge is -2.32. The van der Waals surface area contributed by atoms with E-state index in [-0.39, 0.29) is 48.1 Å². The quantitative estimate of drug-likeness (QED) is 0.607. The molecule has 0 bridgehead atoms. The summed E-state index contributed by atoms with van der Waals surface area (Å²) in [5.41, 5.74) is 5.60. The number of nitrogens with zero attached hydrogens (tertiary/aromatic N) is 1. The van der Waals surface area contributed by atoms with Crippen molar-refractivity contribution in [2.45, 2.75) is 58.4 Å². The highest BCUT2D eigenvalue weighted by molar-refractivity contribution is 5.85. The molecule has 1 saturated heterocycles. The third-order valence-electron chi connectivity index (χ3n) is 5.45. The molecule has 1 heterocycles. The van der Waals surface area contributed by atoms with Crippen LogP contribution in [0.25, 0.3) is 0 Å². The Morgan fingerprint density at radius 1 is 1.07 bits per heavy atom. The molecule has 1 aliphatic carbocycles. The number of hydrogen-bond donors (Lipinski definition) is 3. The predicted molar refractivity (Wildman–Crippen MR) is 114 cm³/mol. The SMILES string of the molecule is CC(C)(C)NC(=O)CN1CCC(CNC(=O)[C@@H]2CCC[C@@H]2CN)CC1.Cl.Cl. The molecule has 2 fully saturated rings. The third kappa shape index (κ3) is 8.99. The van der Waals surface area contributed by atoms with Gasteiger partial charge in [-0.2, -0.15) is 0 Å².